The Bertz CT molecular complexity index is 2060. The largest absolute Gasteiger partial charge is 0.509 e. The SMILES string of the molecule is C[Si](C)(C)c1cc(Oc2[c-]c3c(cc2)c2ccccc2n3-c2cc([Si](C)(C)C)ccn2)[c-]c(N2C=CN(c3ccccc3)[CH-]2)c1.[Pt]. The molecule has 1 aliphatic heterocycles. The van der Waals surface area contributed by atoms with Crippen LogP contribution in [0.3, 0.4) is 0 Å². The second kappa shape index (κ2) is 12.4. The van der Waals surface area contributed by atoms with E-state index < -0.39 is 16.1 Å². The fourth-order valence-electron chi connectivity index (χ4n) is 5.70. The van der Waals surface area contributed by atoms with Crippen LogP contribution >= 0.6 is 0 Å². The summed E-state index contributed by atoms with van der Waals surface area (Å²) in [6.45, 7) is 16.2. The van der Waals surface area contributed by atoms with E-state index in [4.69, 9.17) is 9.72 Å². The molecule has 8 heteroatoms. The molecular weight excluding hydrogens is 780 g/mol. The van der Waals surface area contributed by atoms with Crippen molar-refractivity contribution in [2.75, 3.05) is 9.80 Å². The molecule has 0 bridgehead atoms. The van der Waals surface area contributed by atoms with Gasteiger partial charge in [0.1, 0.15) is 5.82 Å². The van der Waals surface area contributed by atoms with Crippen LogP contribution in [0.4, 0.5) is 11.4 Å². The Morgan fingerprint density at radius 3 is 2.15 bits per heavy atom. The van der Waals surface area contributed by atoms with Crippen molar-refractivity contribution in [2.24, 2.45) is 0 Å². The van der Waals surface area contributed by atoms with Crippen LogP contribution in [0.15, 0.2) is 110 Å². The number of hydrogen-bond acceptors (Lipinski definition) is 4. The van der Waals surface area contributed by atoms with Crippen LogP contribution in [0.25, 0.3) is 27.6 Å². The first-order valence-corrected chi connectivity index (χ1v) is 22.4. The molecule has 0 unspecified atom stereocenters. The number of rotatable bonds is 7. The van der Waals surface area contributed by atoms with Gasteiger partial charge >= 0.3 is 0 Å². The number of pyridine rings is 1. The molecule has 0 saturated carbocycles. The second-order valence-corrected chi connectivity index (χ2v) is 23.8. The molecule has 0 fully saturated rings. The molecule has 1 aliphatic rings. The number of nitrogens with zero attached hydrogens (tertiary/aromatic N) is 4. The normalized spacial score (nSPS) is 13.4. The Morgan fingerprint density at radius 1 is 0.674 bits per heavy atom. The van der Waals surface area contributed by atoms with E-state index in [1.807, 2.05) is 18.3 Å². The molecule has 4 aromatic carbocycles. The summed E-state index contributed by atoms with van der Waals surface area (Å²) in [7, 11) is -3.22. The molecule has 6 aromatic rings. The fourth-order valence-corrected chi connectivity index (χ4v) is 7.97. The fraction of sp³-hybridized carbons (Fsp3) is 0.158. The molecule has 236 valence electrons. The van der Waals surface area contributed by atoms with Crippen LogP contribution in [0.5, 0.6) is 11.5 Å². The average Bonchev–Trinajstić information content (AvgIpc) is 3.64. The predicted octanol–water partition coefficient (Wildman–Crippen LogP) is 8.58. The molecule has 0 amide bonds. The van der Waals surface area contributed by atoms with E-state index in [0.717, 1.165) is 33.6 Å². The summed E-state index contributed by atoms with van der Waals surface area (Å²) in [5, 5.41) is 4.96. The van der Waals surface area contributed by atoms with E-state index in [-0.39, 0.29) is 21.1 Å². The molecule has 7 rings (SSSR count). The standard InChI is InChI=1S/C38H37N4OSi2.Pt/c1-44(2,3)32-18-19-39-38(26-32)42-36-15-11-10-14-34(36)35-17-16-30(25-37(35)42)43-31-22-29(23-33(24-31)45(4,5)6)41-21-20-40(27-41)28-12-8-7-9-13-28;/h7-21,23-24,26-27H,1-6H3;/q-3;. The maximum absolute atomic E-state index is 6.60. The number of fused-ring (bicyclic) bond motifs is 3. The number of para-hydroxylation sites is 2. The Hall–Kier alpha value is -3.91. The minimum absolute atomic E-state index is 0. The molecule has 5 nitrogen and oxygen atoms in total. The summed E-state index contributed by atoms with van der Waals surface area (Å²) in [6.07, 6.45) is 6.07. The number of aromatic nitrogens is 2. The van der Waals surface area contributed by atoms with Crippen molar-refractivity contribution in [1.82, 2.24) is 9.55 Å². The van der Waals surface area contributed by atoms with Crippen molar-refractivity contribution in [3.63, 3.8) is 0 Å². The molecule has 0 spiro atoms. The van der Waals surface area contributed by atoms with Gasteiger partial charge in [-0.2, -0.15) is 17.3 Å². The first-order valence-electron chi connectivity index (χ1n) is 15.4. The van der Waals surface area contributed by atoms with Gasteiger partial charge in [0.25, 0.3) is 0 Å². The van der Waals surface area contributed by atoms with Gasteiger partial charge in [0, 0.05) is 50.0 Å². The van der Waals surface area contributed by atoms with E-state index in [0.29, 0.717) is 11.5 Å². The van der Waals surface area contributed by atoms with Crippen LogP contribution in [-0.4, -0.2) is 25.7 Å². The van der Waals surface area contributed by atoms with E-state index in [1.165, 1.54) is 15.8 Å². The van der Waals surface area contributed by atoms with Crippen molar-refractivity contribution in [2.45, 2.75) is 39.3 Å². The number of hydrogen-bond donors (Lipinski definition) is 0. The van der Waals surface area contributed by atoms with Crippen LogP contribution in [0.1, 0.15) is 0 Å². The Morgan fingerprint density at radius 2 is 1.39 bits per heavy atom. The van der Waals surface area contributed by atoms with E-state index in [2.05, 4.69) is 164 Å². The Labute approximate surface area is 288 Å². The summed E-state index contributed by atoms with van der Waals surface area (Å²) in [5.74, 6) is 2.24. The van der Waals surface area contributed by atoms with Crippen LogP contribution < -0.4 is 24.9 Å². The minimum Gasteiger partial charge on any atom is -0.509 e. The van der Waals surface area contributed by atoms with Crippen molar-refractivity contribution in [3.8, 4) is 17.3 Å². The zero-order chi connectivity index (χ0) is 31.3. The topological polar surface area (TPSA) is 33.5 Å². The first-order chi connectivity index (χ1) is 21.5. The molecule has 0 saturated heterocycles. The summed E-state index contributed by atoms with van der Waals surface area (Å²) in [4.78, 5) is 9.05. The third-order valence-electron chi connectivity index (χ3n) is 8.28. The van der Waals surface area contributed by atoms with Crippen LogP contribution in [-0.2, 0) is 21.1 Å². The van der Waals surface area contributed by atoms with Gasteiger partial charge in [-0.25, -0.2) is 4.98 Å². The van der Waals surface area contributed by atoms with Crippen molar-refractivity contribution in [1.29, 1.82) is 0 Å². The molecule has 0 N–H and O–H groups in total. The van der Waals surface area contributed by atoms with E-state index in [9.17, 15) is 0 Å². The Balaban J connectivity index is 0.00000372. The van der Waals surface area contributed by atoms with Gasteiger partial charge in [0.2, 0.25) is 0 Å². The van der Waals surface area contributed by atoms with Gasteiger partial charge in [-0.15, -0.1) is 42.0 Å². The smallest absolute Gasteiger partial charge is 0.135 e. The molecule has 3 heterocycles. The van der Waals surface area contributed by atoms with Gasteiger partial charge in [-0.05, 0) is 48.1 Å². The molecule has 0 atom stereocenters. The van der Waals surface area contributed by atoms with Crippen molar-refractivity contribution < 1.29 is 25.8 Å². The van der Waals surface area contributed by atoms with E-state index >= 15 is 0 Å². The zero-order valence-corrected chi connectivity index (χ0v) is 31.3. The van der Waals surface area contributed by atoms with Gasteiger partial charge < -0.3 is 19.1 Å². The summed E-state index contributed by atoms with van der Waals surface area (Å²) in [5.41, 5.74) is 4.11. The third-order valence-corrected chi connectivity index (χ3v) is 12.3. The number of anilines is 2. The quantitative estimate of drug-likeness (QED) is 0.120. The maximum Gasteiger partial charge on any atom is 0.135 e. The molecule has 0 radical (unpaired) electrons. The maximum atomic E-state index is 6.60. The zero-order valence-electron chi connectivity index (χ0n) is 27.0. The minimum atomic E-state index is -1.68. The molecule has 46 heavy (non-hydrogen) atoms. The molecule has 0 aliphatic carbocycles. The third kappa shape index (κ3) is 6.24. The summed E-state index contributed by atoms with van der Waals surface area (Å²) >= 11 is 0. The first kappa shape index (κ1) is 32.0. The summed E-state index contributed by atoms with van der Waals surface area (Å²) in [6, 6.07) is 39.0. The van der Waals surface area contributed by atoms with Crippen LogP contribution in [0.2, 0.25) is 39.3 Å². The van der Waals surface area contributed by atoms with Crippen molar-refractivity contribution >= 4 is 59.7 Å². The van der Waals surface area contributed by atoms with Gasteiger partial charge in [0.05, 0.1) is 16.1 Å². The Kier molecular flexibility index (Phi) is 8.61. The molecule has 2 aromatic heterocycles. The van der Waals surface area contributed by atoms with E-state index in [1.54, 1.807) is 0 Å². The summed E-state index contributed by atoms with van der Waals surface area (Å²) < 4.78 is 8.82. The average molecular weight is 817 g/mol. The van der Waals surface area contributed by atoms with Gasteiger partial charge in [0.15, 0.2) is 0 Å². The van der Waals surface area contributed by atoms with Gasteiger partial charge in [-0.1, -0.05) is 86.4 Å². The van der Waals surface area contributed by atoms with Gasteiger partial charge in [-0.3, -0.25) is 0 Å². The number of ether oxygens (including phenoxy) is 1. The monoisotopic (exact) mass is 816 g/mol. The second-order valence-electron chi connectivity index (χ2n) is 13.6. The predicted molar refractivity (Wildman–Crippen MR) is 194 cm³/mol. The molecular formula is C38H37N4OPtSi2-3. The number of benzene rings is 4. The van der Waals surface area contributed by atoms with Crippen molar-refractivity contribution in [3.05, 3.63) is 128 Å². The van der Waals surface area contributed by atoms with Crippen LogP contribution in [0, 0.1) is 18.8 Å².